The molecule has 31 heavy (non-hydrogen) atoms. The Morgan fingerprint density at radius 2 is 1.71 bits per heavy atom. The van der Waals surface area contributed by atoms with E-state index in [0.29, 0.717) is 24.1 Å². The fourth-order valence-corrected chi connectivity index (χ4v) is 5.04. The number of hydrogen-bond acceptors (Lipinski definition) is 6. The maximum Gasteiger partial charge on any atom is 0.337 e. The number of esters is 1. The summed E-state index contributed by atoms with van der Waals surface area (Å²) < 4.78 is 50.4. The number of nitrogens with one attached hydrogen (secondary N) is 1. The van der Waals surface area contributed by atoms with Gasteiger partial charge in [-0.05, 0) is 55.3 Å². The predicted octanol–water partition coefficient (Wildman–Crippen LogP) is 2.66. The molecule has 0 saturated carbocycles. The van der Waals surface area contributed by atoms with Crippen LogP contribution < -0.4 is 10.1 Å². The van der Waals surface area contributed by atoms with Crippen molar-refractivity contribution >= 4 is 27.6 Å². The van der Waals surface area contributed by atoms with E-state index < -0.39 is 21.8 Å². The van der Waals surface area contributed by atoms with Crippen molar-refractivity contribution in [1.82, 2.24) is 4.31 Å². The number of carbonyl (C=O) groups is 2. The maximum atomic E-state index is 13.6. The summed E-state index contributed by atoms with van der Waals surface area (Å²) in [6.07, 6.45) is 0.645. The normalized spacial score (nSPS) is 15.3. The molecule has 3 rings (SSSR count). The molecule has 1 heterocycles. The summed E-state index contributed by atoms with van der Waals surface area (Å²) in [6.45, 7) is 0.253. The Kier molecular flexibility index (Phi) is 6.91. The number of hydrogen-bond donors (Lipinski definition) is 1. The van der Waals surface area contributed by atoms with Crippen molar-refractivity contribution in [3.63, 3.8) is 0 Å². The first-order chi connectivity index (χ1) is 14.8. The minimum absolute atomic E-state index is 0.0664. The number of ether oxygens (including phenoxy) is 2. The van der Waals surface area contributed by atoms with Gasteiger partial charge in [0.15, 0.2) is 0 Å². The number of halogens is 1. The lowest BCUT2D eigenvalue weighted by Crippen LogP contribution is -2.41. The van der Waals surface area contributed by atoms with E-state index in [9.17, 15) is 22.4 Å². The molecule has 10 heteroatoms. The van der Waals surface area contributed by atoms with E-state index in [1.165, 1.54) is 24.6 Å². The number of amides is 1. The Morgan fingerprint density at radius 3 is 2.29 bits per heavy atom. The molecule has 0 radical (unpaired) electrons. The fraction of sp³-hybridized carbons (Fsp3) is 0.333. The van der Waals surface area contributed by atoms with Crippen LogP contribution in [0.2, 0.25) is 0 Å². The van der Waals surface area contributed by atoms with Crippen LogP contribution in [0.25, 0.3) is 0 Å². The average molecular weight is 450 g/mol. The molecule has 1 fully saturated rings. The van der Waals surface area contributed by atoms with Crippen molar-refractivity contribution in [3.8, 4) is 5.75 Å². The third-order valence-corrected chi connectivity index (χ3v) is 7.06. The summed E-state index contributed by atoms with van der Waals surface area (Å²) in [5, 5.41) is 2.78. The highest BCUT2D eigenvalue weighted by atomic mass is 32.2. The van der Waals surface area contributed by atoms with Gasteiger partial charge in [0.25, 0.3) is 0 Å². The largest absolute Gasteiger partial charge is 0.495 e. The van der Waals surface area contributed by atoms with Gasteiger partial charge in [0.2, 0.25) is 15.9 Å². The molecule has 0 unspecified atom stereocenters. The molecule has 1 aliphatic heterocycles. The van der Waals surface area contributed by atoms with Gasteiger partial charge in [0, 0.05) is 24.7 Å². The van der Waals surface area contributed by atoms with Crippen LogP contribution in [0.1, 0.15) is 23.2 Å². The van der Waals surface area contributed by atoms with E-state index in [4.69, 9.17) is 4.74 Å². The minimum Gasteiger partial charge on any atom is -0.495 e. The van der Waals surface area contributed by atoms with Gasteiger partial charge in [0.1, 0.15) is 16.5 Å². The minimum atomic E-state index is -3.96. The van der Waals surface area contributed by atoms with Crippen LogP contribution >= 0.6 is 0 Å². The molecule has 2 aromatic rings. The molecular weight excluding hydrogens is 427 g/mol. The van der Waals surface area contributed by atoms with Crippen molar-refractivity contribution in [3.05, 3.63) is 53.8 Å². The Bertz CT molecular complexity index is 1060. The van der Waals surface area contributed by atoms with Gasteiger partial charge in [-0.2, -0.15) is 4.31 Å². The Labute approximate surface area is 180 Å². The number of carbonyl (C=O) groups excluding carboxylic acids is 2. The molecule has 8 nitrogen and oxygen atoms in total. The van der Waals surface area contributed by atoms with E-state index in [1.54, 1.807) is 24.3 Å². The third kappa shape index (κ3) is 5.02. The first-order valence-electron chi connectivity index (χ1n) is 9.59. The number of sulfonamides is 1. The van der Waals surface area contributed by atoms with Crippen LogP contribution in [0.3, 0.4) is 0 Å². The molecule has 2 aromatic carbocycles. The zero-order chi connectivity index (χ0) is 22.6. The zero-order valence-corrected chi connectivity index (χ0v) is 17.9. The van der Waals surface area contributed by atoms with E-state index in [1.807, 2.05) is 0 Å². The summed E-state index contributed by atoms with van der Waals surface area (Å²) in [5.41, 5.74) is 0.893. The number of anilines is 1. The number of methoxy groups -OCH3 is 2. The topological polar surface area (TPSA) is 102 Å². The van der Waals surface area contributed by atoms with Gasteiger partial charge in [-0.1, -0.05) is 0 Å². The second-order valence-electron chi connectivity index (χ2n) is 7.03. The van der Waals surface area contributed by atoms with Gasteiger partial charge in [-0.15, -0.1) is 0 Å². The monoisotopic (exact) mass is 450 g/mol. The zero-order valence-electron chi connectivity index (χ0n) is 17.1. The van der Waals surface area contributed by atoms with Gasteiger partial charge < -0.3 is 14.8 Å². The number of nitrogens with zero attached hydrogens (tertiary/aromatic N) is 1. The van der Waals surface area contributed by atoms with Crippen LogP contribution in [0.15, 0.2) is 47.4 Å². The molecule has 0 aromatic heterocycles. The summed E-state index contributed by atoms with van der Waals surface area (Å²) in [5.74, 6) is -1.68. The molecule has 0 atom stereocenters. The van der Waals surface area contributed by atoms with Crippen LogP contribution in [-0.2, 0) is 19.6 Å². The second-order valence-corrected chi connectivity index (χ2v) is 8.94. The lowest BCUT2D eigenvalue weighted by atomic mass is 9.97. The molecule has 1 saturated heterocycles. The van der Waals surface area contributed by atoms with Crippen molar-refractivity contribution in [2.75, 3.05) is 32.6 Å². The van der Waals surface area contributed by atoms with Crippen molar-refractivity contribution in [2.24, 2.45) is 5.92 Å². The Balaban J connectivity index is 1.63. The molecule has 1 N–H and O–H groups in total. The third-order valence-electron chi connectivity index (χ3n) is 5.14. The number of piperidine rings is 1. The number of benzene rings is 2. The Morgan fingerprint density at radius 1 is 1.06 bits per heavy atom. The second kappa shape index (κ2) is 9.44. The van der Waals surface area contributed by atoms with Gasteiger partial charge in [-0.3, -0.25) is 4.79 Å². The maximum absolute atomic E-state index is 13.6. The lowest BCUT2D eigenvalue weighted by molar-refractivity contribution is -0.120. The highest BCUT2D eigenvalue weighted by Crippen LogP contribution is 2.30. The SMILES string of the molecule is COC(=O)c1ccc(NC(=O)C2CCN(S(=O)(=O)c3cc(F)ccc3OC)CC2)cc1. The summed E-state index contributed by atoms with van der Waals surface area (Å²) in [6, 6.07) is 9.62. The first kappa shape index (κ1) is 22.7. The molecule has 0 bridgehead atoms. The van der Waals surface area contributed by atoms with E-state index >= 15 is 0 Å². The fourth-order valence-electron chi connectivity index (χ4n) is 3.40. The van der Waals surface area contributed by atoms with Gasteiger partial charge in [0.05, 0.1) is 19.8 Å². The van der Waals surface area contributed by atoms with Crippen molar-refractivity contribution in [1.29, 1.82) is 0 Å². The quantitative estimate of drug-likeness (QED) is 0.679. The molecular formula is C21H23FN2O6S. The van der Waals surface area contributed by atoms with Gasteiger partial charge >= 0.3 is 5.97 Å². The lowest BCUT2D eigenvalue weighted by Gasteiger charge is -2.30. The summed E-state index contributed by atoms with van der Waals surface area (Å²) >= 11 is 0. The van der Waals surface area contributed by atoms with Crippen LogP contribution in [0.4, 0.5) is 10.1 Å². The standard InChI is InChI=1S/C21H23FN2O6S/c1-29-18-8-5-16(22)13-19(18)31(27,28)24-11-9-14(10-12-24)20(25)23-17-6-3-15(4-7-17)21(26)30-2/h3-8,13-14H,9-12H2,1-2H3,(H,23,25). The van der Waals surface area contributed by atoms with E-state index in [2.05, 4.69) is 10.1 Å². The molecule has 1 amide bonds. The molecule has 0 aliphatic carbocycles. The summed E-state index contributed by atoms with van der Waals surface area (Å²) in [7, 11) is -1.35. The summed E-state index contributed by atoms with van der Waals surface area (Å²) in [4.78, 5) is 23.8. The van der Waals surface area contributed by atoms with Gasteiger partial charge in [-0.25, -0.2) is 17.6 Å². The Hall–Kier alpha value is -2.98. The average Bonchev–Trinajstić information content (AvgIpc) is 2.79. The number of rotatable bonds is 6. The highest BCUT2D eigenvalue weighted by molar-refractivity contribution is 7.89. The van der Waals surface area contributed by atoms with Crippen molar-refractivity contribution in [2.45, 2.75) is 17.7 Å². The van der Waals surface area contributed by atoms with Crippen LogP contribution in [-0.4, -0.2) is 51.9 Å². The van der Waals surface area contributed by atoms with Crippen molar-refractivity contribution < 1.29 is 31.9 Å². The van der Waals surface area contributed by atoms with Crippen LogP contribution in [0, 0.1) is 11.7 Å². The van der Waals surface area contributed by atoms with Crippen LogP contribution in [0.5, 0.6) is 5.75 Å². The molecule has 1 aliphatic rings. The molecule has 166 valence electrons. The van der Waals surface area contributed by atoms with E-state index in [-0.39, 0.29) is 35.6 Å². The first-order valence-corrected chi connectivity index (χ1v) is 11.0. The predicted molar refractivity (Wildman–Crippen MR) is 111 cm³/mol. The van der Waals surface area contributed by atoms with E-state index in [0.717, 1.165) is 12.1 Å². The highest BCUT2D eigenvalue weighted by Gasteiger charge is 2.34. The smallest absolute Gasteiger partial charge is 0.337 e. The molecule has 0 spiro atoms.